The number of hydrogen-bond acceptors (Lipinski definition) is 20. The number of hydrogen-bond donors (Lipinski definition) is 16. The molecular formula is C48H147N19O5. The van der Waals surface area contributed by atoms with Crippen LogP contribution in [0.25, 0.3) is 0 Å². The number of unbranched alkanes of at least 4 members (excludes halogenated alkanes) is 1. The minimum Gasteiger partial charge on any atom is -0.336 e. The normalized spacial score (nSPS) is 8.60. The fraction of sp³-hybridized carbons (Fsp3) is 0.896. The van der Waals surface area contributed by atoms with Crippen molar-refractivity contribution in [2.45, 2.75) is 118 Å². The minimum absolute atomic E-state index is 0. The molecule has 0 atom stereocenters. The number of carbonyl (C=O) groups is 5. The third-order valence-electron chi connectivity index (χ3n) is 4.68. The van der Waals surface area contributed by atoms with Crippen molar-refractivity contribution in [3.8, 4) is 0 Å². The summed E-state index contributed by atoms with van der Waals surface area (Å²) in [7, 11) is 25.1. The first-order valence-electron chi connectivity index (χ1n) is 23.5. The van der Waals surface area contributed by atoms with E-state index in [9.17, 15) is 19.2 Å². The van der Waals surface area contributed by atoms with Gasteiger partial charge in [-0.15, -0.1) is 0 Å². The summed E-state index contributed by atoms with van der Waals surface area (Å²) in [5.41, 5.74) is 50.9. The third-order valence-corrected chi connectivity index (χ3v) is 4.68. The van der Waals surface area contributed by atoms with E-state index in [4.69, 9.17) is 22.0 Å². The molecule has 2 heterocycles. The number of carbonyl (C=O) groups excluding carboxylic acids is 5. The summed E-state index contributed by atoms with van der Waals surface area (Å²) < 4.78 is 0. The predicted octanol–water partition coefficient (Wildman–Crippen LogP) is 1.11. The van der Waals surface area contributed by atoms with Gasteiger partial charge in [-0.3, -0.25) is 0 Å². The molecule has 0 aromatic carbocycles. The van der Waals surface area contributed by atoms with Crippen LogP contribution in [0.1, 0.15) is 118 Å². The molecule has 24 heteroatoms. The largest absolute Gasteiger partial charge is 0.336 e. The second-order valence-corrected chi connectivity index (χ2v) is 10.4. The highest BCUT2D eigenvalue weighted by Crippen LogP contribution is 2.00. The standard InChI is InChI=1S/C5H10N2O.C4H8N2O.C4H12N2.C4H11N.C4H10.C3H10N2.2C3H6O.C2H8N2.2C2H6.8CH5N.CH2O.3CH4/c1-6-3-4-7(2)5(6)8;1-6-3-2-5-4(6)7;1-5-3-4-6-2;1-3-4-5-2;1-3-4-2;1-5-3-2-4;2*1-3(2)4;3-1-2-4;11*1-2;;;/h3-4H2,1-2H3;2-3H2,1H3,(H,5,7);5-6H,3-4H2,1-2H3;5H,3-4H2,1-2H3;3-4H2,1-2H3;5H,2-4H2,1H3;2*1-2H3;1-4H2;2*1-2H3;8*2H2,1H3;1H2;3*1H4. The quantitative estimate of drug-likeness (QED) is 0.144. The number of ketones is 2. The molecule has 0 radical (unpaired) electrons. The van der Waals surface area contributed by atoms with Gasteiger partial charge in [0.1, 0.15) is 18.4 Å². The molecule has 4 amide bonds. The van der Waals surface area contributed by atoms with E-state index < -0.39 is 0 Å². The van der Waals surface area contributed by atoms with Crippen molar-refractivity contribution >= 4 is 30.4 Å². The maximum absolute atomic E-state index is 10.8. The molecule has 0 bridgehead atoms. The van der Waals surface area contributed by atoms with Gasteiger partial charge in [-0.25, -0.2) is 9.59 Å². The van der Waals surface area contributed by atoms with Gasteiger partial charge in [-0.05, 0) is 125 Å². The molecule has 0 spiro atoms. The van der Waals surface area contributed by atoms with Gasteiger partial charge in [0.2, 0.25) is 0 Å². The smallest absolute Gasteiger partial charge is 0.319 e. The van der Waals surface area contributed by atoms with Crippen molar-refractivity contribution in [1.82, 2.24) is 41.3 Å². The van der Waals surface area contributed by atoms with Gasteiger partial charge < -0.3 is 119 Å². The monoisotopic (exact) mass is 1070 g/mol. The van der Waals surface area contributed by atoms with Crippen LogP contribution in [0.2, 0.25) is 0 Å². The number of amides is 4. The molecule has 24 nitrogen and oxygen atoms in total. The van der Waals surface area contributed by atoms with E-state index in [1.54, 1.807) is 21.7 Å². The number of nitrogens with zero attached hydrogens (tertiary/aromatic N) is 3. The third kappa shape index (κ3) is 347. The van der Waals surface area contributed by atoms with E-state index >= 15 is 0 Å². The zero-order valence-corrected chi connectivity index (χ0v) is 50.8. The van der Waals surface area contributed by atoms with Crippen LogP contribution in [0, 0.1) is 0 Å². The first kappa shape index (κ1) is 138. The highest BCUT2D eigenvalue weighted by Gasteiger charge is 2.20. The number of urea groups is 2. The maximum Gasteiger partial charge on any atom is 0.319 e. The van der Waals surface area contributed by atoms with Gasteiger partial charge in [-0.1, -0.05) is 83.6 Å². The van der Waals surface area contributed by atoms with Gasteiger partial charge in [0.25, 0.3) is 0 Å². The Kier molecular flexibility index (Phi) is 429. The second-order valence-electron chi connectivity index (χ2n) is 10.4. The van der Waals surface area contributed by atoms with Gasteiger partial charge in [0.05, 0.1) is 0 Å². The van der Waals surface area contributed by atoms with E-state index in [-0.39, 0.29) is 45.9 Å². The zero-order valence-electron chi connectivity index (χ0n) is 50.8. The fourth-order valence-electron chi connectivity index (χ4n) is 1.99. The van der Waals surface area contributed by atoms with Gasteiger partial charge >= 0.3 is 12.1 Å². The molecule has 72 heavy (non-hydrogen) atoms. The zero-order chi connectivity index (χ0) is 60.5. The molecule has 0 aromatic rings. The molecule has 2 saturated heterocycles. The number of likely N-dealkylation sites (N-methyl/N-ethyl adjacent to an activating group) is 6. The summed E-state index contributed by atoms with van der Waals surface area (Å²) in [6, 6.07) is 0.171. The van der Waals surface area contributed by atoms with E-state index in [0.717, 1.165) is 58.9 Å². The Bertz CT molecular complexity index is 621. The Morgan fingerprint density at radius 1 is 0.458 bits per heavy atom. The lowest BCUT2D eigenvalue weighted by atomic mass is 10.4. The molecule has 2 aliphatic rings. The maximum atomic E-state index is 10.8. The number of nitrogens with two attached hydrogens (primary N) is 11. The van der Waals surface area contributed by atoms with Crippen molar-refractivity contribution in [2.24, 2.45) is 63.1 Å². The lowest BCUT2D eigenvalue weighted by Gasteiger charge is -2.07. The van der Waals surface area contributed by atoms with Crippen LogP contribution >= 0.6 is 0 Å². The van der Waals surface area contributed by atoms with Crippen LogP contribution in [0.3, 0.4) is 0 Å². The number of Topliss-reactive ketones (excluding diaryl/α,β-unsaturated/α-hetero) is 2. The van der Waals surface area contributed by atoms with Crippen molar-refractivity contribution in [3.63, 3.8) is 0 Å². The van der Waals surface area contributed by atoms with E-state index in [2.05, 4.69) is 93.2 Å². The Balaban J connectivity index is -0.0000000204. The first-order chi connectivity index (χ1) is 33.1. The molecule has 27 N–H and O–H groups in total. The minimum atomic E-state index is 0. The topological polar surface area (TPSA) is 441 Å². The van der Waals surface area contributed by atoms with Crippen molar-refractivity contribution < 1.29 is 24.0 Å². The molecule has 2 rings (SSSR count). The molecule has 2 aliphatic heterocycles. The molecule has 2 fully saturated rings. The van der Waals surface area contributed by atoms with Crippen LogP contribution in [0.15, 0.2) is 0 Å². The Hall–Kier alpha value is -3.05. The lowest BCUT2D eigenvalue weighted by Crippen LogP contribution is -2.25. The van der Waals surface area contributed by atoms with Crippen molar-refractivity contribution in [1.29, 1.82) is 0 Å². The van der Waals surface area contributed by atoms with Crippen molar-refractivity contribution in [3.05, 3.63) is 0 Å². The number of rotatable bonds is 9. The SMILES string of the molecule is C.C.C.C=O.CC.CC.CC(C)=O.CC(C)=O.CCCC.CCCNC.CN.CN.CN.CN.CN.CN.CN.CN.CN1CCN(C)C1=O.CN1CCNC1=O.CNCCN.CNCCNC.NCCN. The van der Waals surface area contributed by atoms with E-state index in [0.29, 0.717) is 13.1 Å². The average molecular weight is 1070 g/mol. The highest BCUT2D eigenvalue weighted by atomic mass is 16.2. The molecular weight excluding hydrogens is 923 g/mol. The van der Waals surface area contributed by atoms with Gasteiger partial charge in [-0.2, -0.15) is 0 Å². The fourth-order valence-corrected chi connectivity index (χ4v) is 1.99. The number of nitrogens with one attached hydrogen (secondary N) is 5. The molecule has 0 saturated carbocycles. The van der Waals surface area contributed by atoms with Gasteiger partial charge in [0, 0.05) is 86.6 Å². The van der Waals surface area contributed by atoms with Crippen LogP contribution < -0.4 is 89.7 Å². The van der Waals surface area contributed by atoms with Crippen LogP contribution in [-0.4, -0.2) is 223 Å². The highest BCUT2D eigenvalue weighted by molar-refractivity contribution is 5.76. The molecule has 464 valence electrons. The summed E-state index contributed by atoms with van der Waals surface area (Å²) in [5, 5.41) is 14.6. The second kappa shape index (κ2) is 223. The van der Waals surface area contributed by atoms with Crippen molar-refractivity contribution in [2.75, 3.05) is 178 Å². The Morgan fingerprint density at radius 2 is 0.681 bits per heavy atom. The lowest BCUT2D eigenvalue weighted by molar-refractivity contribution is -0.115. The van der Waals surface area contributed by atoms with Crippen LogP contribution in [-0.2, 0) is 14.4 Å². The Morgan fingerprint density at radius 3 is 0.722 bits per heavy atom. The van der Waals surface area contributed by atoms with Gasteiger partial charge in [0.15, 0.2) is 0 Å². The summed E-state index contributed by atoms with van der Waals surface area (Å²) >= 11 is 0. The summed E-state index contributed by atoms with van der Waals surface area (Å²) in [6.45, 7) is 32.1. The predicted molar refractivity (Wildman–Crippen MR) is 334 cm³/mol. The molecule has 0 aliphatic carbocycles. The van der Waals surface area contributed by atoms with E-state index in [1.165, 1.54) is 103 Å². The van der Waals surface area contributed by atoms with E-state index in [1.807, 2.05) is 76.8 Å². The van der Waals surface area contributed by atoms with Crippen LogP contribution in [0.4, 0.5) is 9.59 Å². The summed E-state index contributed by atoms with van der Waals surface area (Å²) in [5.74, 6) is 0.333. The van der Waals surface area contributed by atoms with Crippen LogP contribution in [0.5, 0.6) is 0 Å². The average Bonchev–Trinajstić information content (AvgIpc) is 3.94. The Labute approximate surface area is 453 Å². The summed E-state index contributed by atoms with van der Waals surface area (Å²) in [4.78, 5) is 53.1. The first-order valence-corrected chi connectivity index (χ1v) is 23.5. The molecule has 0 unspecified atom stereocenters. The summed E-state index contributed by atoms with van der Waals surface area (Å²) in [6.07, 6.45) is 3.87. The molecule has 0 aromatic heterocycles.